The second-order valence-corrected chi connectivity index (χ2v) is 5.21. The van der Waals surface area contributed by atoms with Crippen LogP contribution < -0.4 is 5.32 Å². The predicted molar refractivity (Wildman–Crippen MR) is 72.2 cm³/mol. The number of nitrogens with one attached hydrogen (secondary N) is 1. The minimum Gasteiger partial charge on any atom is -0.464 e. The first-order chi connectivity index (χ1) is 9.28. The van der Waals surface area contributed by atoms with Crippen LogP contribution in [-0.4, -0.2) is 48.1 Å². The first-order valence-corrected chi connectivity index (χ1v) is 6.83. The summed E-state index contributed by atoms with van der Waals surface area (Å²) < 4.78 is 4.69. The maximum absolute atomic E-state index is 11.5. The van der Waals surface area contributed by atoms with Gasteiger partial charge in [-0.25, -0.2) is 9.78 Å². The third kappa shape index (κ3) is 2.42. The van der Waals surface area contributed by atoms with Crippen LogP contribution in [0, 0.1) is 0 Å². The second kappa shape index (κ2) is 5.17. The van der Waals surface area contributed by atoms with Crippen LogP contribution in [0.3, 0.4) is 0 Å². The average molecular weight is 261 g/mol. The smallest absolute Gasteiger partial charge is 0.356 e. The van der Waals surface area contributed by atoms with Gasteiger partial charge in [-0.15, -0.1) is 0 Å². The number of hydrogen-bond donors (Lipinski definition) is 1. The Bertz CT molecular complexity index is 478. The molecule has 2 aliphatic rings. The fourth-order valence-electron chi connectivity index (χ4n) is 3.20. The van der Waals surface area contributed by atoms with Crippen molar-refractivity contribution in [3.05, 3.63) is 24.0 Å². The molecule has 2 saturated heterocycles. The summed E-state index contributed by atoms with van der Waals surface area (Å²) in [5.74, 6) is -0.391. The molecule has 5 heteroatoms. The molecule has 0 bridgehead atoms. The zero-order chi connectivity index (χ0) is 13.2. The Morgan fingerprint density at radius 1 is 1.47 bits per heavy atom. The number of carbonyl (C=O) groups excluding carboxylic acids is 1. The van der Waals surface area contributed by atoms with Crippen molar-refractivity contribution in [1.82, 2.24) is 9.88 Å². The van der Waals surface area contributed by atoms with Crippen molar-refractivity contribution in [2.75, 3.05) is 25.5 Å². The molecule has 1 aromatic heterocycles. The summed E-state index contributed by atoms with van der Waals surface area (Å²) in [6, 6.07) is 4.80. The van der Waals surface area contributed by atoms with Crippen molar-refractivity contribution < 1.29 is 9.53 Å². The van der Waals surface area contributed by atoms with Crippen molar-refractivity contribution in [3.63, 3.8) is 0 Å². The first kappa shape index (κ1) is 12.4. The van der Waals surface area contributed by atoms with E-state index in [1.54, 1.807) is 12.3 Å². The number of pyridine rings is 1. The molecule has 1 N–H and O–H groups in total. The van der Waals surface area contributed by atoms with Gasteiger partial charge in [-0.1, -0.05) is 0 Å². The molecule has 0 radical (unpaired) electrons. The largest absolute Gasteiger partial charge is 0.464 e. The number of ether oxygens (including phenoxy) is 1. The molecule has 0 aromatic carbocycles. The molecule has 0 spiro atoms. The van der Waals surface area contributed by atoms with Crippen LogP contribution >= 0.6 is 0 Å². The van der Waals surface area contributed by atoms with Gasteiger partial charge in [0.05, 0.1) is 7.11 Å². The van der Waals surface area contributed by atoms with Gasteiger partial charge in [0.25, 0.3) is 0 Å². The van der Waals surface area contributed by atoms with Gasteiger partial charge in [-0.05, 0) is 37.9 Å². The van der Waals surface area contributed by atoms with E-state index in [1.165, 1.54) is 39.5 Å². The van der Waals surface area contributed by atoms with E-state index in [9.17, 15) is 4.79 Å². The van der Waals surface area contributed by atoms with Gasteiger partial charge in [0.1, 0.15) is 5.69 Å². The van der Waals surface area contributed by atoms with Gasteiger partial charge in [0.2, 0.25) is 0 Å². The van der Waals surface area contributed by atoms with Gasteiger partial charge in [0, 0.05) is 30.5 Å². The highest BCUT2D eigenvalue weighted by atomic mass is 16.5. The Morgan fingerprint density at radius 2 is 2.37 bits per heavy atom. The van der Waals surface area contributed by atoms with E-state index in [0.29, 0.717) is 17.8 Å². The lowest BCUT2D eigenvalue weighted by Gasteiger charge is -2.22. The van der Waals surface area contributed by atoms with Gasteiger partial charge in [0.15, 0.2) is 0 Å². The molecule has 2 aliphatic heterocycles. The number of anilines is 1. The van der Waals surface area contributed by atoms with E-state index in [-0.39, 0.29) is 0 Å². The summed E-state index contributed by atoms with van der Waals surface area (Å²) in [4.78, 5) is 18.0. The van der Waals surface area contributed by atoms with Gasteiger partial charge in [-0.3, -0.25) is 4.90 Å². The minimum absolute atomic E-state index is 0.355. The van der Waals surface area contributed by atoms with E-state index in [0.717, 1.165) is 5.69 Å². The van der Waals surface area contributed by atoms with Crippen LogP contribution in [0.25, 0.3) is 0 Å². The Balaban J connectivity index is 1.71. The van der Waals surface area contributed by atoms with Crippen LogP contribution in [0.2, 0.25) is 0 Å². The van der Waals surface area contributed by atoms with E-state index in [1.807, 2.05) is 6.07 Å². The molecular formula is C14H19N3O2. The first-order valence-electron chi connectivity index (χ1n) is 6.83. The molecule has 3 rings (SSSR count). The van der Waals surface area contributed by atoms with Crippen molar-refractivity contribution in [3.8, 4) is 0 Å². The number of fused-ring (bicyclic) bond motifs is 1. The van der Waals surface area contributed by atoms with Crippen LogP contribution in [0.1, 0.15) is 29.8 Å². The third-order valence-corrected chi connectivity index (χ3v) is 4.11. The number of hydrogen-bond acceptors (Lipinski definition) is 5. The SMILES string of the molecule is COC(=O)c1cc(NC2CCN3CCCC23)ccn1. The molecule has 1 aromatic rings. The zero-order valence-corrected chi connectivity index (χ0v) is 11.1. The molecule has 3 heterocycles. The van der Waals surface area contributed by atoms with Crippen molar-refractivity contribution in [2.45, 2.75) is 31.3 Å². The number of carbonyl (C=O) groups is 1. The topological polar surface area (TPSA) is 54.5 Å². The molecule has 102 valence electrons. The Labute approximate surface area is 113 Å². The Hall–Kier alpha value is -1.62. The Kier molecular flexibility index (Phi) is 3.38. The fourth-order valence-corrected chi connectivity index (χ4v) is 3.20. The van der Waals surface area contributed by atoms with Gasteiger partial charge < -0.3 is 10.1 Å². The monoisotopic (exact) mass is 261 g/mol. The number of rotatable bonds is 3. The van der Waals surface area contributed by atoms with Crippen LogP contribution in [0.4, 0.5) is 5.69 Å². The van der Waals surface area contributed by atoms with Gasteiger partial charge >= 0.3 is 5.97 Å². The number of nitrogens with zero attached hydrogens (tertiary/aromatic N) is 2. The average Bonchev–Trinajstić information content (AvgIpc) is 3.03. The maximum Gasteiger partial charge on any atom is 0.356 e. The Morgan fingerprint density at radius 3 is 3.21 bits per heavy atom. The fraction of sp³-hybridized carbons (Fsp3) is 0.571. The molecule has 19 heavy (non-hydrogen) atoms. The number of aromatic nitrogens is 1. The van der Waals surface area contributed by atoms with Crippen LogP contribution in [-0.2, 0) is 4.74 Å². The molecule has 0 saturated carbocycles. The molecule has 0 amide bonds. The molecule has 2 fully saturated rings. The molecular weight excluding hydrogens is 242 g/mol. The van der Waals surface area contributed by atoms with Crippen LogP contribution in [0.15, 0.2) is 18.3 Å². The standard InChI is InChI=1S/C14H19N3O2/c1-19-14(18)12-9-10(4-6-15-12)16-11-5-8-17-7-2-3-13(11)17/h4,6,9,11,13H,2-3,5,7-8H2,1H3,(H,15,16). The quantitative estimate of drug-likeness (QED) is 0.836. The normalized spacial score (nSPS) is 26.2. The lowest BCUT2D eigenvalue weighted by Crippen LogP contribution is -2.33. The highest BCUT2D eigenvalue weighted by Crippen LogP contribution is 2.30. The van der Waals surface area contributed by atoms with Crippen molar-refractivity contribution in [1.29, 1.82) is 0 Å². The molecule has 2 atom stereocenters. The minimum atomic E-state index is -0.391. The summed E-state index contributed by atoms with van der Waals surface area (Å²) in [6.45, 7) is 2.41. The van der Waals surface area contributed by atoms with Crippen molar-refractivity contribution in [2.24, 2.45) is 0 Å². The second-order valence-electron chi connectivity index (χ2n) is 5.21. The predicted octanol–water partition coefficient (Wildman–Crippen LogP) is 1.52. The summed E-state index contributed by atoms with van der Waals surface area (Å²) in [5, 5.41) is 3.54. The molecule has 5 nitrogen and oxygen atoms in total. The van der Waals surface area contributed by atoms with E-state index in [2.05, 4.69) is 15.2 Å². The maximum atomic E-state index is 11.5. The molecule has 0 aliphatic carbocycles. The van der Waals surface area contributed by atoms with Crippen LogP contribution in [0.5, 0.6) is 0 Å². The summed E-state index contributed by atoms with van der Waals surface area (Å²) >= 11 is 0. The summed E-state index contributed by atoms with van der Waals surface area (Å²) in [6.07, 6.45) is 5.38. The number of methoxy groups -OCH3 is 1. The van der Waals surface area contributed by atoms with Crippen molar-refractivity contribution >= 4 is 11.7 Å². The number of esters is 1. The molecule has 2 unspecified atom stereocenters. The van der Waals surface area contributed by atoms with E-state index >= 15 is 0 Å². The van der Waals surface area contributed by atoms with E-state index < -0.39 is 5.97 Å². The van der Waals surface area contributed by atoms with Gasteiger partial charge in [-0.2, -0.15) is 0 Å². The lowest BCUT2D eigenvalue weighted by atomic mass is 10.1. The summed E-state index contributed by atoms with van der Waals surface area (Å²) in [5.41, 5.74) is 1.31. The highest BCUT2D eigenvalue weighted by molar-refractivity contribution is 5.88. The third-order valence-electron chi connectivity index (χ3n) is 4.11. The van der Waals surface area contributed by atoms with E-state index in [4.69, 9.17) is 4.74 Å². The summed E-state index contributed by atoms with van der Waals surface area (Å²) in [7, 11) is 1.37. The zero-order valence-electron chi connectivity index (χ0n) is 11.1. The highest BCUT2D eigenvalue weighted by Gasteiger charge is 2.36. The lowest BCUT2D eigenvalue weighted by molar-refractivity contribution is 0.0594.